The lowest BCUT2D eigenvalue weighted by molar-refractivity contribution is 0.00791. The summed E-state index contributed by atoms with van der Waals surface area (Å²) in [5.74, 6) is 1.67. The molecule has 182 valence electrons. The van der Waals surface area contributed by atoms with Gasteiger partial charge >= 0.3 is 0 Å². The monoisotopic (exact) mass is 481 g/mol. The zero-order valence-corrected chi connectivity index (χ0v) is 21.0. The molecule has 4 heterocycles. The highest BCUT2D eigenvalue weighted by molar-refractivity contribution is 7.19. The van der Waals surface area contributed by atoms with Crippen LogP contribution in [0.15, 0.2) is 12.4 Å². The molecule has 1 aliphatic heterocycles. The van der Waals surface area contributed by atoms with Gasteiger partial charge in [0, 0.05) is 42.3 Å². The highest BCUT2D eigenvalue weighted by Gasteiger charge is 2.29. The number of aromatic nitrogens is 4. The Labute approximate surface area is 205 Å². The standard InChI is InChI=1S/C25H35N7OS/c1-16(2)32-15-18(14-26-32)28-25-29-23(22-20-4-3-5-21(20)34-24(22)30-25)27-17-6-8-19(9-7-17)31-10-12-33-13-11-31/h14-17,19H,3-13H2,1-2H3,(H2,27,28,29,30). The van der Waals surface area contributed by atoms with Crippen LogP contribution in [0.3, 0.4) is 0 Å². The molecule has 1 saturated carbocycles. The van der Waals surface area contributed by atoms with E-state index in [4.69, 9.17) is 14.7 Å². The van der Waals surface area contributed by atoms with Crippen LogP contribution in [0.25, 0.3) is 10.2 Å². The Bertz CT molecular complexity index is 1140. The second-order valence-corrected chi connectivity index (χ2v) is 11.2. The zero-order chi connectivity index (χ0) is 23.1. The van der Waals surface area contributed by atoms with Gasteiger partial charge in [0.1, 0.15) is 10.6 Å². The van der Waals surface area contributed by atoms with Gasteiger partial charge in [-0.15, -0.1) is 11.3 Å². The van der Waals surface area contributed by atoms with Crippen molar-refractivity contribution < 1.29 is 4.74 Å². The zero-order valence-electron chi connectivity index (χ0n) is 20.2. The lowest BCUT2D eigenvalue weighted by Crippen LogP contribution is -2.46. The summed E-state index contributed by atoms with van der Waals surface area (Å²) in [6.45, 7) is 8.18. The van der Waals surface area contributed by atoms with Crippen molar-refractivity contribution in [1.82, 2.24) is 24.6 Å². The van der Waals surface area contributed by atoms with E-state index in [1.165, 1.54) is 54.4 Å². The maximum Gasteiger partial charge on any atom is 0.230 e. The summed E-state index contributed by atoms with van der Waals surface area (Å²) >= 11 is 1.85. The van der Waals surface area contributed by atoms with Crippen LogP contribution >= 0.6 is 11.3 Å². The molecule has 0 atom stereocenters. The highest BCUT2D eigenvalue weighted by atomic mass is 32.1. The van der Waals surface area contributed by atoms with E-state index in [-0.39, 0.29) is 0 Å². The van der Waals surface area contributed by atoms with Crippen molar-refractivity contribution in [1.29, 1.82) is 0 Å². The molecule has 3 aromatic heterocycles. The normalized spacial score (nSPS) is 23.5. The van der Waals surface area contributed by atoms with Gasteiger partial charge in [-0.05, 0) is 64.4 Å². The summed E-state index contributed by atoms with van der Waals surface area (Å²) < 4.78 is 7.50. The SMILES string of the molecule is CC(C)n1cc(Nc2nc(NC3CCC(N4CCOCC4)CC3)c3c4c(sc3n2)CCC4)cn1. The first-order valence-corrected chi connectivity index (χ1v) is 13.7. The van der Waals surface area contributed by atoms with Gasteiger partial charge in [0.25, 0.3) is 0 Å². The molecule has 0 aromatic carbocycles. The number of nitrogens with zero attached hydrogens (tertiary/aromatic N) is 5. The largest absolute Gasteiger partial charge is 0.379 e. The van der Waals surface area contributed by atoms with Gasteiger partial charge in [0.15, 0.2) is 0 Å². The molecule has 0 amide bonds. The summed E-state index contributed by atoms with van der Waals surface area (Å²) in [6, 6.07) is 1.49. The third-order valence-electron chi connectivity index (χ3n) is 7.55. The van der Waals surface area contributed by atoms with Crippen LogP contribution in [-0.2, 0) is 17.6 Å². The van der Waals surface area contributed by atoms with Crippen molar-refractivity contribution >= 4 is 39.0 Å². The molecule has 0 unspecified atom stereocenters. The molecule has 3 aliphatic rings. The molecule has 0 spiro atoms. The lowest BCUT2D eigenvalue weighted by Gasteiger charge is -2.39. The van der Waals surface area contributed by atoms with Crippen molar-refractivity contribution in [3.8, 4) is 0 Å². The predicted octanol–water partition coefficient (Wildman–Crippen LogP) is 4.76. The van der Waals surface area contributed by atoms with Crippen LogP contribution < -0.4 is 10.6 Å². The van der Waals surface area contributed by atoms with E-state index in [0.29, 0.717) is 24.1 Å². The number of rotatable bonds is 6. The van der Waals surface area contributed by atoms with Crippen molar-refractivity contribution in [3.63, 3.8) is 0 Å². The third kappa shape index (κ3) is 4.41. The highest BCUT2D eigenvalue weighted by Crippen LogP contribution is 2.41. The molecular weight excluding hydrogens is 446 g/mol. The summed E-state index contributed by atoms with van der Waals surface area (Å²) in [7, 11) is 0. The number of ether oxygens (including phenoxy) is 1. The van der Waals surface area contributed by atoms with Gasteiger partial charge < -0.3 is 15.4 Å². The van der Waals surface area contributed by atoms with Crippen LogP contribution in [0.4, 0.5) is 17.5 Å². The Balaban J connectivity index is 1.23. The molecule has 34 heavy (non-hydrogen) atoms. The molecule has 2 N–H and O–H groups in total. The first-order valence-electron chi connectivity index (χ1n) is 12.9. The fourth-order valence-corrected chi connectivity index (χ4v) is 6.95. The summed E-state index contributed by atoms with van der Waals surface area (Å²) in [5, 5.41) is 13.0. The van der Waals surface area contributed by atoms with E-state index in [2.05, 4.69) is 34.5 Å². The van der Waals surface area contributed by atoms with Gasteiger partial charge in [-0.1, -0.05) is 0 Å². The van der Waals surface area contributed by atoms with Crippen molar-refractivity contribution in [2.45, 2.75) is 76.9 Å². The lowest BCUT2D eigenvalue weighted by atomic mass is 9.90. The minimum atomic E-state index is 0.323. The fourth-order valence-electron chi connectivity index (χ4n) is 5.69. The minimum absolute atomic E-state index is 0.323. The van der Waals surface area contributed by atoms with Gasteiger partial charge in [-0.3, -0.25) is 9.58 Å². The molecule has 1 saturated heterocycles. The number of thiophene rings is 1. The average Bonchev–Trinajstić information content (AvgIpc) is 3.57. The van der Waals surface area contributed by atoms with Gasteiger partial charge in [-0.25, -0.2) is 4.98 Å². The van der Waals surface area contributed by atoms with Crippen molar-refractivity contribution in [3.05, 3.63) is 22.8 Å². The molecule has 9 heteroatoms. The molecule has 6 rings (SSSR count). The summed E-state index contributed by atoms with van der Waals surface area (Å²) in [4.78, 5) is 15.2. The molecule has 8 nitrogen and oxygen atoms in total. The van der Waals surface area contributed by atoms with E-state index in [1.807, 2.05) is 28.4 Å². The smallest absolute Gasteiger partial charge is 0.230 e. The quantitative estimate of drug-likeness (QED) is 0.526. The van der Waals surface area contributed by atoms with Crippen molar-refractivity contribution in [2.24, 2.45) is 0 Å². The Morgan fingerprint density at radius 2 is 1.91 bits per heavy atom. The summed E-state index contributed by atoms with van der Waals surface area (Å²) in [6.07, 6.45) is 12.3. The predicted molar refractivity (Wildman–Crippen MR) is 137 cm³/mol. The second-order valence-electron chi connectivity index (χ2n) is 10.2. The van der Waals surface area contributed by atoms with Crippen LogP contribution in [0.2, 0.25) is 0 Å². The van der Waals surface area contributed by atoms with E-state index in [9.17, 15) is 0 Å². The van der Waals surface area contributed by atoms with Crippen LogP contribution in [0.5, 0.6) is 0 Å². The molecule has 2 fully saturated rings. The molecular formula is C25H35N7OS. The Kier molecular flexibility index (Phi) is 6.17. The van der Waals surface area contributed by atoms with Crippen LogP contribution in [0.1, 0.15) is 62.4 Å². The number of hydrogen-bond donors (Lipinski definition) is 2. The Morgan fingerprint density at radius 3 is 2.68 bits per heavy atom. The van der Waals surface area contributed by atoms with Gasteiger partial charge in [0.05, 0.1) is 30.5 Å². The van der Waals surface area contributed by atoms with Gasteiger partial charge in [0.2, 0.25) is 5.95 Å². The first kappa shape index (κ1) is 22.2. The Morgan fingerprint density at radius 1 is 1.09 bits per heavy atom. The number of anilines is 3. The topological polar surface area (TPSA) is 80.1 Å². The maximum absolute atomic E-state index is 5.55. The van der Waals surface area contributed by atoms with Crippen molar-refractivity contribution in [2.75, 3.05) is 36.9 Å². The summed E-state index contributed by atoms with van der Waals surface area (Å²) in [5.41, 5.74) is 2.40. The van der Waals surface area contributed by atoms with Gasteiger partial charge in [-0.2, -0.15) is 10.1 Å². The van der Waals surface area contributed by atoms with E-state index in [0.717, 1.165) is 49.1 Å². The molecule has 0 bridgehead atoms. The van der Waals surface area contributed by atoms with Crippen LogP contribution in [0, 0.1) is 0 Å². The average molecular weight is 482 g/mol. The van der Waals surface area contributed by atoms with Crippen LogP contribution in [-0.4, -0.2) is 63.0 Å². The molecule has 3 aromatic rings. The minimum Gasteiger partial charge on any atom is -0.379 e. The third-order valence-corrected chi connectivity index (χ3v) is 8.74. The van der Waals surface area contributed by atoms with E-state index < -0.39 is 0 Å². The number of hydrogen-bond acceptors (Lipinski definition) is 8. The van der Waals surface area contributed by atoms with E-state index >= 15 is 0 Å². The first-order chi connectivity index (χ1) is 16.6. The number of fused-ring (bicyclic) bond motifs is 3. The number of morpholine rings is 1. The second kappa shape index (κ2) is 9.43. The maximum atomic E-state index is 5.55. The number of nitrogens with one attached hydrogen (secondary N) is 2. The molecule has 0 radical (unpaired) electrons. The fraction of sp³-hybridized carbons (Fsp3) is 0.640. The van der Waals surface area contributed by atoms with E-state index in [1.54, 1.807) is 0 Å². The Hall–Kier alpha value is -2.23. The number of aryl methyl sites for hydroxylation is 2. The molecule has 2 aliphatic carbocycles.